The second kappa shape index (κ2) is 7.64. The number of nitrogens with two attached hydrogens (primary N) is 1. The average Bonchev–Trinajstić information content (AvgIpc) is 2.95. The van der Waals surface area contributed by atoms with Gasteiger partial charge in [-0.25, -0.2) is 0 Å². The van der Waals surface area contributed by atoms with Crippen molar-refractivity contribution in [3.8, 4) is 0 Å². The molecule has 1 aromatic rings. The van der Waals surface area contributed by atoms with Crippen molar-refractivity contribution < 1.29 is 9.90 Å². The second-order valence-electron chi connectivity index (χ2n) is 5.41. The fourth-order valence-corrected chi connectivity index (χ4v) is 2.99. The normalized spacial score (nSPS) is 15.6. The molecule has 0 aromatic heterocycles. The van der Waals surface area contributed by atoms with E-state index in [-0.39, 0.29) is 19.1 Å². The monoisotopic (exact) mass is 311 g/mol. The number of nitrogens with one attached hydrogen (secondary N) is 1. The van der Waals surface area contributed by atoms with E-state index in [1.54, 1.807) is 18.2 Å². The number of benzene rings is 1. The summed E-state index contributed by atoms with van der Waals surface area (Å²) in [5.74, 6) is -0.121. The van der Waals surface area contributed by atoms with Crippen LogP contribution in [0.15, 0.2) is 18.2 Å². The molecule has 1 saturated carbocycles. The lowest BCUT2D eigenvalue weighted by Crippen LogP contribution is -2.41. The van der Waals surface area contributed by atoms with E-state index >= 15 is 0 Å². The Morgan fingerprint density at radius 1 is 1.43 bits per heavy atom. The van der Waals surface area contributed by atoms with E-state index in [1.165, 1.54) is 12.8 Å². The Hall–Kier alpha value is -1.30. The van der Waals surface area contributed by atoms with E-state index in [9.17, 15) is 4.79 Å². The van der Waals surface area contributed by atoms with Crippen LogP contribution in [-0.4, -0.2) is 41.7 Å². The first kappa shape index (κ1) is 16.1. The summed E-state index contributed by atoms with van der Waals surface area (Å²) in [6, 6.07) is 5.39. The van der Waals surface area contributed by atoms with E-state index in [4.69, 9.17) is 22.4 Å². The number of hydrogen-bond acceptors (Lipinski definition) is 4. The number of aliphatic hydroxyl groups excluding tert-OH is 1. The Labute approximate surface area is 130 Å². The molecule has 0 atom stereocenters. The van der Waals surface area contributed by atoms with Gasteiger partial charge >= 0.3 is 0 Å². The highest BCUT2D eigenvalue weighted by molar-refractivity contribution is 6.31. The lowest BCUT2D eigenvalue weighted by atomic mass is 10.2. The van der Waals surface area contributed by atoms with Crippen LogP contribution in [-0.2, 0) is 4.79 Å². The van der Waals surface area contributed by atoms with Crippen LogP contribution in [0, 0.1) is 0 Å². The summed E-state index contributed by atoms with van der Waals surface area (Å²) in [6.45, 7) is 0.855. The van der Waals surface area contributed by atoms with Gasteiger partial charge in [0.05, 0.1) is 24.5 Å². The van der Waals surface area contributed by atoms with Gasteiger partial charge in [-0.1, -0.05) is 24.4 Å². The minimum atomic E-state index is -0.121. The molecule has 0 heterocycles. The Bertz CT molecular complexity index is 490. The van der Waals surface area contributed by atoms with Gasteiger partial charge in [-0.3, -0.25) is 9.69 Å². The van der Waals surface area contributed by atoms with Crippen molar-refractivity contribution in [2.24, 2.45) is 0 Å². The molecule has 5 nitrogen and oxygen atoms in total. The predicted octanol–water partition coefficient (Wildman–Crippen LogP) is 2.10. The number of nitrogens with zero attached hydrogens (tertiary/aromatic N) is 1. The number of anilines is 2. The maximum Gasteiger partial charge on any atom is 0.238 e. The van der Waals surface area contributed by atoms with Crippen molar-refractivity contribution in [3.63, 3.8) is 0 Å². The summed E-state index contributed by atoms with van der Waals surface area (Å²) in [5, 5.41) is 12.5. The van der Waals surface area contributed by atoms with Crippen LogP contribution in [0.3, 0.4) is 0 Å². The summed E-state index contributed by atoms with van der Waals surface area (Å²) < 4.78 is 0. The lowest BCUT2D eigenvalue weighted by molar-refractivity contribution is -0.118. The molecule has 116 valence electrons. The van der Waals surface area contributed by atoms with Crippen molar-refractivity contribution in [1.82, 2.24) is 4.90 Å². The number of rotatable bonds is 6. The Kier molecular flexibility index (Phi) is 5.85. The third-order valence-corrected chi connectivity index (χ3v) is 4.10. The summed E-state index contributed by atoms with van der Waals surface area (Å²) in [4.78, 5) is 14.2. The van der Waals surface area contributed by atoms with Gasteiger partial charge in [0.15, 0.2) is 0 Å². The van der Waals surface area contributed by atoms with Crippen LogP contribution >= 0.6 is 11.6 Å². The molecule has 0 aliphatic heterocycles. The average molecular weight is 312 g/mol. The van der Waals surface area contributed by atoms with E-state index in [0.717, 1.165) is 12.8 Å². The van der Waals surface area contributed by atoms with Crippen molar-refractivity contribution in [3.05, 3.63) is 23.2 Å². The number of aliphatic hydroxyl groups is 1. The van der Waals surface area contributed by atoms with Gasteiger partial charge in [-0.05, 0) is 31.0 Å². The standard InChI is InChI=1S/C15H22ClN3O2/c16-11-5-6-14(13(17)9-11)18-15(21)10-19(7-8-20)12-3-1-2-4-12/h5-6,9,12,20H,1-4,7-8,10,17H2,(H,18,21). The quantitative estimate of drug-likeness (QED) is 0.703. The van der Waals surface area contributed by atoms with Crippen LogP contribution in [0.2, 0.25) is 5.02 Å². The molecule has 0 bridgehead atoms. The number of amides is 1. The van der Waals surface area contributed by atoms with Crippen molar-refractivity contribution in [2.75, 3.05) is 30.7 Å². The van der Waals surface area contributed by atoms with Crippen LogP contribution in [0.5, 0.6) is 0 Å². The fourth-order valence-electron chi connectivity index (χ4n) is 2.81. The zero-order chi connectivity index (χ0) is 15.2. The fraction of sp³-hybridized carbons (Fsp3) is 0.533. The zero-order valence-corrected chi connectivity index (χ0v) is 12.8. The van der Waals surface area contributed by atoms with Crippen molar-refractivity contribution >= 4 is 28.9 Å². The molecule has 1 amide bonds. The second-order valence-corrected chi connectivity index (χ2v) is 5.85. The lowest BCUT2D eigenvalue weighted by Gasteiger charge is -2.27. The highest BCUT2D eigenvalue weighted by atomic mass is 35.5. The maximum absolute atomic E-state index is 12.2. The minimum Gasteiger partial charge on any atom is -0.397 e. The number of hydrogen-bond donors (Lipinski definition) is 3. The largest absolute Gasteiger partial charge is 0.397 e. The van der Waals surface area contributed by atoms with E-state index in [1.807, 2.05) is 0 Å². The van der Waals surface area contributed by atoms with Crippen LogP contribution in [0.4, 0.5) is 11.4 Å². The molecule has 0 spiro atoms. The highest BCUT2D eigenvalue weighted by Crippen LogP contribution is 2.24. The molecule has 6 heteroatoms. The van der Waals surface area contributed by atoms with Crippen LogP contribution in [0.1, 0.15) is 25.7 Å². The molecule has 21 heavy (non-hydrogen) atoms. The molecule has 1 aliphatic carbocycles. The van der Waals surface area contributed by atoms with Gasteiger partial charge in [-0.15, -0.1) is 0 Å². The number of halogens is 1. The number of carbonyl (C=O) groups excluding carboxylic acids is 1. The van der Waals surface area contributed by atoms with E-state index in [2.05, 4.69) is 10.2 Å². The molecule has 0 radical (unpaired) electrons. The molecule has 1 aromatic carbocycles. The third-order valence-electron chi connectivity index (χ3n) is 3.86. The first-order valence-electron chi connectivity index (χ1n) is 7.30. The molecule has 0 saturated heterocycles. The Balaban J connectivity index is 1.95. The van der Waals surface area contributed by atoms with Gasteiger partial charge in [-0.2, -0.15) is 0 Å². The molecular formula is C15H22ClN3O2. The Morgan fingerprint density at radius 3 is 2.76 bits per heavy atom. The predicted molar refractivity (Wildman–Crippen MR) is 85.4 cm³/mol. The summed E-state index contributed by atoms with van der Waals surface area (Å²) in [5.41, 5.74) is 6.85. The highest BCUT2D eigenvalue weighted by Gasteiger charge is 2.24. The van der Waals surface area contributed by atoms with Crippen LogP contribution < -0.4 is 11.1 Å². The maximum atomic E-state index is 12.2. The third kappa shape index (κ3) is 4.59. The molecule has 4 N–H and O–H groups in total. The topological polar surface area (TPSA) is 78.6 Å². The molecule has 0 unspecified atom stereocenters. The SMILES string of the molecule is Nc1cc(Cl)ccc1NC(=O)CN(CCO)C1CCCC1. The number of carbonyl (C=O) groups is 1. The molecule has 1 fully saturated rings. The molecule has 1 aliphatic rings. The van der Waals surface area contributed by atoms with Gasteiger partial charge in [0.2, 0.25) is 5.91 Å². The summed E-state index contributed by atoms with van der Waals surface area (Å²) in [7, 11) is 0. The zero-order valence-electron chi connectivity index (χ0n) is 12.0. The van der Waals surface area contributed by atoms with E-state index in [0.29, 0.717) is 29.0 Å². The van der Waals surface area contributed by atoms with Gasteiger partial charge in [0.25, 0.3) is 0 Å². The van der Waals surface area contributed by atoms with Gasteiger partial charge < -0.3 is 16.2 Å². The van der Waals surface area contributed by atoms with Crippen molar-refractivity contribution in [2.45, 2.75) is 31.7 Å². The summed E-state index contributed by atoms with van der Waals surface area (Å²) >= 11 is 5.84. The van der Waals surface area contributed by atoms with Crippen molar-refractivity contribution in [1.29, 1.82) is 0 Å². The number of nitrogen functional groups attached to an aromatic ring is 1. The van der Waals surface area contributed by atoms with E-state index < -0.39 is 0 Å². The minimum absolute atomic E-state index is 0.0624. The summed E-state index contributed by atoms with van der Waals surface area (Å²) in [6.07, 6.45) is 4.57. The van der Waals surface area contributed by atoms with Gasteiger partial charge in [0, 0.05) is 17.6 Å². The van der Waals surface area contributed by atoms with Gasteiger partial charge in [0.1, 0.15) is 0 Å². The first-order valence-corrected chi connectivity index (χ1v) is 7.67. The Morgan fingerprint density at radius 2 is 2.14 bits per heavy atom. The molecule has 2 rings (SSSR count). The molecular weight excluding hydrogens is 290 g/mol. The first-order chi connectivity index (χ1) is 10.1. The smallest absolute Gasteiger partial charge is 0.238 e. The van der Waals surface area contributed by atoms with Crippen LogP contribution in [0.25, 0.3) is 0 Å².